The van der Waals surface area contributed by atoms with E-state index in [1.807, 2.05) is 0 Å². The second-order valence-corrected chi connectivity index (χ2v) is 4.36. The fourth-order valence-electron chi connectivity index (χ4n) is 1.99. The van der Waals surface area contributed by atoms with E-state index in [9.17, 15) is 13.2 Å². The zero-order valence-electron chi connectivity index (χ0n) is 9.03. The Morgan fingerprint density at radius 2 is 1.93 bits per heavy atom. The van der Waals surface area contributed by atoms with Crippen LogP contribution in [-0.4, -0.2) is 31.9 Å². The molecule has 2 nitrogen and oxygen atoms in total. The van der Waals surface area contributed by atoms with Crippen LogP contribution in [-0.2, 0) is 0 Å². The summed E-state index contributed by atoms with van der Waals surface area (Å²) >= 11 is 0. The normalized spacial score (nSPS) is 27.2. The van der Waals surface area contributed by atoms with E-state index in [1.54, 1.807) is 0 Å². The van der Waals surface area contributed by atoms with Crippen molar-refractivity contribution in [1.29, 1.82) is 0 Å². The third kappa shape index (κ3) is 5.99. The fraction of sp³-hybridized carbons (Fsp3) is 1.00. The Labute approximate surface area is 88.6 Å². The molecule has 0 aromatic carbocycles. The molecule has 0 amide bonds. The molecule has 0 aromatic heterocycles. The van der Waals surface area contributed by atoms with Crippen molar-refractivity contribution in [2.45, 2.75) is 38.4 Å². The predicted molar refractivity (Wildman–Crippen MR) is 53.7 cm³/mol. The van der Waals surface area contributed by atoms with Crippen LogP contribution in [0.25, 0.3) is 0 Å². The highest BCUT2D eigenvalue weighted by Crippen LogP contribution is 2.24. The van der Waals surface area contributed by atoms with Gasteiger partial charge in [-0.3, -0.25) is 0 Å². The van der Waals surface area contributed by atoms with Gasteiger partial charge in [-0.15, -0.1) is 0 Å². The van der Waals surface area contributed by atoms with Crippen LogP contribution in [0.15, 0.2) is 0 Å². The average molecular weight is 224 g/mol. The van der Waals surface area contributed by atoms with Crippen molar-refractivity contribution < 1.29 is 13.2 Å². The molecular weight excluding hydrogens is 205 g/mol. The lowest BCUT2D eigenvalue weighted by Gasteiger charge is -2.13. The van der Waals surface area contributed by atoms with Crippen LogP contribution in [0.4, 0.5) is 13.2 Å². The van der Waals surface area contributed by atoms with Crippen LogP contribution in [0, 0.1) is 5.92 Å². The summed E-state index contributed by atoms with van der Waals surface area (Å²) in [7, 11) is 0. The van der Waals surface area contributed by atoms with E-state index >= 15 is 0 Å². The van der Waals surface area contributed by atoms with Crippen molar-refractivity contribution in [3.63, 3.8) is 0 Å². The van der Waals surface area contributed by atoms with Gasteiger partial charge in [0.05, 0.1) is 6.54 Å². The van der Waals surface area contributed by atoms with Crippen LogP contribution in [0.5, 0.6) is 0 Å². The molecule has 0 radical (unpaired) electrons. The van der Waals surface area contributed by atoms with Crippen LogP contribution in [0.1, 0.15) is 26.2 Å². The molecule has 0 bridgehead atoms. The molecule has 0 aliphatic heterocycles. The fourth-order valence-corrected chi connectivity index (χ4v) is 1.99. The SMILES string of the molecule is CC1CCC(NCCNCC(F)(F)F)C1. The van der Waals surface area contributed by atoms with E-state index in [0.717, 1.165) is 18.8 Å². The topological polar surface area (TPSA) is 24.1 Å². The molecular formula is C10H19F3N2. The van der Waals surface area contributed by atoms with Crippen molar-refractivity contribution in [2.24, 2.45) is 5.92 Å². The third-order valence-electron chi connectivity index (χ3n) is 2.76. The number of alkyl halides is 3. The van der Waals surface area contributed by atoms with Gasteiger partial charge in [0.1, 0.15) is 0 Å². The third-order valence-corrected chi connectivity index (χ3v) is 2.76. The first-order valence-electron chi connectivity index (χ1n) is 5.48. The monoisotopic (exact) mass is 224 g/mol. The predicted octanol–water partition coefficient (Wildman–Crippen LogP) is 1.92. The molecule has 1 rings (SSSR count). The van der Waals surface area contributed by atoms with E-state index in [0.29, 0.717) is 19.1 Å². The molecule has 0 saturated heterocycles. The van der Waals surface area contributed by atoms with Gasteiger partial charge in [-0.05, 0) is 25.2 Å². The first-order chi connectivity index (χ1) is 6.97. The minimum atomic E-state index is -4.10. The van der Waals surface area contributed by atoms with E-state index in [-0.39, 0.29) is 0 Å². The van der Waals surface area contributed by atoms with Crippen LogP contribution in [0.3, 0.4) is 0 Å². The second kappa shape index (κ2) is 5.70. The summed E-state index contributed by atoms with van der Waals surface area (Å²) < 4.78 is 35.3. The molecule has 15 heavy (non-hydrogen) atoms. The highest BCUT2D eigenvalue weighted by Gasteiger charge is 2.26. The summed E-state index contributed by atoms with van der Waals surface area (Å²) in [5.41, 5.74) is 0. The molecule has 5 heteroatoms. The molecule has 0 aromatic rings. The lowest BCUT2D eigenvalue weighted by Crippen LogP contribution is -2.37. The van der Waals surface area contributed by atoms with Crippen molar-refractivity contribution in [3.8, 4) is 0 Å². The minimum absolute atomic E-state index is 0.379. The van der Waals surface area contributed by atoms with Gasteiger partial charge in [0.25, 0.3) is 0 Å². The Morgan fingerprint density at radius 3 is 2.47 bits per heavy atom. The lowest BCUT2D eigenvalue weighted by atomic mass is 10.1. The van der Waals surface area contributed by atoms with E-state index < -0.39 is 12.7 Å². The first kappa shape index (κ1) is 12.8. The standard InChI is InChI=1S/C10H19F3N2/c1-8-2-3-9(6-8)15-5-4-14-7-10(11,12)13/h8-9,14-15H,2-7H2,1H3. The molecule has 1 saturated carbocycles. The maximum atomic E-state index is 11.8. The van der Waals surface area contributed by atoms with Crippen LogP contribution >= 0.6 is 0 Å². The van der Waals surface area contributed by atoms with Gasteiger partial charge in [0.15, 0.2) is 0 Å². The van der Waals surface area contributed by atoms with Gasteiger partial charge in [-0.25, -0.2) is 0 Å². The largest absolute Gasteiger partial charge is 0.401 e. The van der Waals surface area contributed by atoms with E-state index in [1.165, 1.54) is 6.42 Å². The summed E-state index contributed by atoms with van der Waals surface area (Å²) in [4.78, 5) is 0. The molecule has 2 unspecified atom stereocenters. The summed E-state index contributed by atoms with van der Waals surface area (Å²) in [5.74, 6) is 0.755. The molecule has 1 fully saturated rings. The summed E-state index contributed by atoms with van der Waals surface area (Å²) in [6.07, 6.45) is -0.560. The molecule has 1 aliphatic carbocycles. The van der Waals surface area contributed by atoms with Crippen molar-refractivity contribution >= 4 is 0 Å². The molecule has 2 atom stereocenters. The number of hydrogen-bond donors (Lipinski definition) is 2. The molecule has 0 heterocycles. The average Bonchev–Trinajstić information content (AvgIpc) is 2.49. The Bertz CT molecular complexity index is 182. The number of rotatable bonds is 5. The zero-order valence-corrected chi connectivity index (χ0v) is 9.03. The minimum Gasteiger partial charge on any atom is -0.313 e. The van der Waals surface area contributed by atoms with Gasteiger partial charge in [-0.2, -0.15) is 13.2 Å². The van der Waals surface area contributed by atoms with Crippen LogP contribution in [0.2, 0.25) is 0 Å². The smallest absolute Gasteiger partial charge is 0.313 e. The maximum Gasteiger partial charge on any atom is 0.401 e. The Morgan fingerprint density at radius 1 is 1.20 bits per heavy atom. The number of hydrogen-bond acceptors (Lipinski definition) is 2. The van der Waals surface area contributed by atoms with E-state index in [2.05, 4.69) is 17.6 Å². The molecule has 90 valence electrons. The van der Waals surface area contributed by atoms with Gasteiger partial charge in [-0.1, -0.05) is 6.92 Å². The first-order valence-corrected chi connectivity index (χ1v) is 5.48. The Kier molecular flexibility index (Phi) is 4.86. The second-order valence-electron chi connectivity index (χ2n) is 4.36. The maximum absolute atomic E-state index is 11.8. The Hall–Kier alpha value is -0.290. The summed E-state index contributed by atoms with van der Waals surface area (Å²) in [5, 5.41) is 5.64. The summed E-state index contributed by atoms with van der Waals surface area (Å²) in [6.45, 7) is 2.32. The highest BCUT2D eigenvalue weighted by molar-refractivity contribution is 4.78. The quantitative estimate of drug-likeness (QED) is 0.697. The van der Waals surface area contributed by atoms with Crippen molar-refractivity contribution in [3.05, 3.63) is 0 Å². The van der Waals surface area contributed by atoms with Gasteiger partial charge in [0.2, 0.25) is 0 Å². The molecule has 1 aliphatic rings. The number of halogens is 3. The van der Waals surface area contributed by atoms with Gasteiger partial charge >= 0.3 is 6.18 Å². The highest BCUT2D eigenvalue weighted by atomic mass is 19.4. The Balaban J connectivity index is 1.93. The molecule has 0 spiro atoms. The van der Waals surface area contributed by atoms with E-state index in [4.69, 9.17) is 0 Å². The van der Waals surface area contributed by atoms with Crippen LogP contribution < -0.4 is 10.6 Å². The van der Waals surface area contributed by atoms with Crippen molar-refractivity contribution in [1.82, 2.24) is 10.6 Å². The van der Waals surface area contributed by atoms with Crippen molar-refractivity contribution in [2.75, 3.05) is 19.6 Å². The summed E-state index contributed by atoms with van der Waals surface area (Å²) in [6, 6.07) is 0.507. The number of nitrogens with one attached hydrogen (secondary N) is 2. The van der Waals surface area contributed by atoms with Gasteiger partial charge < -0.3 is 10.6 Å². The molecule has 2 N–H and O–H groups in total. The lowest BCUT2D eigenvalue weighted by molar-refractivity contribution is -0.124. The zero-order chi connectivity index (χ0) is 11.3. The van der Waals surface area contributed by atoms with Gasteiger partial charge in [0, 0.05) is 19.1 Å².